The quantitative estimate of drug-likeness (QED) is 0.806. The largest absolute Gasteiger partial charge is 0.492 e. The monoisotopic (exact) mass is 278 g/mol. The van der Waals surface area contributed by atoms with Crippen LogP contribution in [0.4, 0.5) is 5.69 Å². The van der Waals surface area contributed by atoms with Gasteiger partial charge in [0, 0.05) is 18.7 Å². The molecule has 5 heteroatoms. The summed E-state index contributed by atoms with van der Waals surface area (Å²) in [5.74, 6) is 0.919. The highest BCUT2D eigenvalue weighted by Crippen LogP contribution is 2.22. The van der Waals surface area contributed by atoms with Gasteiger partial charge in [-0.2, -0.15) is 0 Å². The smallest absolute Gasteiger partial charge is 0.251 e. The number of benzene rings is 1. The number of rotatable bonds is 5. The van der Waals surface area contributed by atoms with Crippen molar-refractivity contribution in [2.24, 2.45) is 5.92 Å². The van der Waals surface area contributed by atoms with E-state index in [4.69, 9.17) is 15.2 Å². The third-order valence-electron chi connectivity index (χ3n) is 3.38. The normalized spacial score (nSPS) is 18.6. The summed E-state index contributed by atoms with van der Waals surface area (Å²) in [6.45, 7) is 4.65. The van der Waals surface area contributed by atoms with Crippen molar-refractivity contribution >= 4 is 11.6 Å². The number of nitrogens with one attached hydrogen (secondary N) is 1. The van der Waals surface area contributed by atoms with E-state index in [9.17, 15) is 4.79 Å². The van der Waals surface area contributed by atoms with Crippen LogP contribution in [0.3, 0.4) is 0 Å². The van der Waals surface area contributed by atoms with Crippen LogP contribution in [-0.4, -0.2) is 32.3 Å². The average molecular weight is 278 g/mol. The average Bonchev–Trinajstić information content (AvgIpc) is 2.48. The predicted molar refractivity (Wildman–Crippen MR) is 77.9 cm³/mol. The molecule has 110 valence electrons. The Kier molecular flexibility index (Phi) is 5.24. The van der Waals surface area contributed by atoms with Crippen LogP contribution < -0.4 is 15.8 Å². The molecule has 20 heavy (non-hydrogen) atoms. The minimum Gasteiger partial charge on any atom is -0.492 e. The maximum atomic E-state index is 12.1. The minimum atomic E-state index is -0.106. The lowest BCUT2D eigenvalue weighted by Crippen LogP contribution is -2.33. The molecule has 0 aliphatic carbocycles. The first-order valence-corrected chi connectivity index (χ1v) is 7.09. The van der Waals surface area contributed by atoms with E-state index in [-0.39, 0.29) is 5.91 Å². The second-order valence-corrected chi connectivity index (χ2v) is 4.98. The Balaban J connectivity index is 1.89. The topological polar surface area (TPSA) is 73.6 Å². The fraction of sp³-hybridized carbons (Fsp3) is 0.533. The molecule has 1 aliphatic rings. The highest BCUT2D eigenvalue weighted by molar-refractivity contribution is 5.95. The van der Waals surface area contributed by atoms with Gasteiger partial charge in [-0.3, -0.25) is 4.79 Å². The van der Waals surface area contributed by atoms with Crippen LogP contribution in [0.25, 0.3) is 0 Å². The van der Waals surface area contributed by atoms with E-state index in [2.05, 4.69) is 5.32 Å². The third kappa shape index (κ3) is 3.87. The van der Waals surface area contributed by atoms with Gasteiger partial charge in [-0.15, -0.1) is 0 Å². The summed E-state index contributed by atoms with van der Waals surface area (Å²) in [5.41, 5.74) is 6.90. The summed E-state index contributed by atoms with van der Waals surface area (Å²) in [5, 5.41) is 2.93. The van der Waals surface area contributed by atoms with Crippen LogP contribution in [-0.2, 0) is 4.74 Å². The fourth-order valence-electron chi connectivity index (χ4n) is 2.28. The van der Waals surface area contributed by atoms with Crippen molar-refractivity contribution in [3.63, 3.8) is 0 Å². The van der Waals surface area contributed by atoms with Gasteiger partial charge in [0.25, 0.3) is 5.91 Å². The molecule has 1 fully saturated rings. The van der Waals surface area contributed by atoms with Gasteiger partial charge >= 0.3 is 0 Å². The third-order valence-corrected chi connectivity index (χ3v) is 3.38. The number of hydrogen-bond donors (Lipinski definition) is 2. The molecule has 0 aromatic heterocycles. The second-order valence-electron chi connectivity index (χ2n) is 4.98. The van der Waals surface area contributed by atoms with Gasteiger partial charge in [0.05, 0.1) is 18.9 Å². The Morgan fingerprint density at radius 1 is 1.55 bits per heavy atom. The van der Waals surface area contributed by atoms with Crippen molar-refractivity contribution in [1.29, 1.82) is 0 Å². The second kappa shape index (κ2) is 7.14. The Labute approximate surface area is 119 Å². The van der Waals surface area contributed by atoms with Crippen molar-refractivity contribution in [1.82, 2.24) is 5.32 Å². The number of hydrogen-bond acceptors (Lipinski definition) is 4. The molecule has 3 N–H and O–H groups in total. The van der Waals surface area contributed by atoms with Gasteiger partial charge in [-0.25, -0.2) is 0 Å². The lowest BCUT2D eigenvalue weighted by atomic mass is 10.0. The van der Waals surface area contributed by atoms with Gasteiger partial charge < -0.3 is 20.5 Å². The molecule has 1 atom stereocenters. The molecule has 5 nitrogen and oxygen atoms in total. The van der Waals surface area contributed by atoms with Crippen molar-refractivity contribution in [3.8, 4) is 5.75 Å². The van der Waals surface area contributed by atoms with Gasteiger partial charge in [-0.1, -0.05) is 0 Å². The first-order chi connectivity index (χ1) is 9.70. The Bertz CT molecular complexity index is 456. The number of anilines is 1. The van der Waals surface area contributed by atoms with Crippen LogP contribution in [0.2, 0.25) is 0 Å². The van der Waals surface area contributed by atoms with E-state index in [0.717, 1.165) is 26.1 Å². The Morgan fingerprint density at radius 3 is 3.05 bits per heavy atom. The predicted octanol–water partition coefficient (Wildman–Crippen LogP) is 1.82. The first-order valence-electron chi connectivity index (χ1n) is 7.09. The van der Waals surface area contributed by atoms with E-state index in [1.807, 2.05) is 6.92 Å². The molecular weight excluding hydrogens is 256 g/mol. The molecule has 1 unspecified atom stereocenters. The van der Waals surface area contributed by atoms with E-state index < -0.39 is 0 Å². The molecular formula is C15H22N2O3. The van der Waals surface area contributed by atoms with E-state index in [0.29, 0.717) is 36.1 Å². The zero-order chi connectivity index (χ0) is 14.4. The molecule has 1 saturated heterocycles. The Morgan fingerprint density at radius 2 is 2.40 bits per heavy atom. The molecule has 0 radical (unpaired) electrons. The fourth-order valence-corrected chi connectivity index (χ4v) is 2.28. The van der Waals surface area contributed by atoms with Gasteiger partial charge in [-0.05, 0) is 43.9 Å². The van der Waals surface area contributed by atoms with Crippen molar-refractivity contribution in [3.05, 3.63) is 23.8 Å². The van der Waals surface area contributed by atoms with Crippen LogP contribution in [0.1, 0.15) is 30.1 Å². The van der Waals surface area contributed by atoms with E-state index in [1.54, 1.807) is 18.2 Å². The lowest BCUT2D eigenvalue weighted by Gasteiger charge is -2.22. The molecule has 0 bridgehead atoms. The Hall–Kier alpha value is -1.75. The molecule has 1 aromatic carbocycles. The van der Waals surface area contributed by atoms with Crippen molar-refractivity contribution in [2.45, 2.75) is 19.8 Å². The molecule has 1 aliphatic heterocycles. The highest BCUT2D eigenvalue weighted by atomic mass is 16.5. The molecule has 0 spiro atoms. The number of carbonyl (C=O) groups is 1. The first kappa shape index (κ1) is 14.7. The molecule has 1 aromatic rings. The standard InChI is InChI=1S/C15H22N2O3/c1-2-20-14-6-5-12(8-13(14)16)15(18)17-9-11-4-3-7-19-10-11/h5-6,8,11H,2-4,7,9-10,16H2,1H3,(H,17,18). The number of ether oxygens (including phenoxy) is 2. The highest BCUT2D eigenvalue weighted by Gasteiger charge is 2.15. The molecule has 1 heterocycles. The van der Waals surface area contributed by atoms with Gasteiger partial charge in [0.2, 0.25) is 0 Å². The summed E-state index contributed by atoms with van der Waals surface area (Å²) < 4.78 is 10.7. The summed E-state index contributed by atoms with van der Waals surface area (Å²) in [7, 11) is 0. The number of nitrogens with two attached hydrogens (primary N) is 1. The summed E-state index contributed by atoms with van der Waals surface area (Å²) in [6.07, 6.45) is 2.17. The summed E-state index contributed by atoms with van der Waals surface area (Å²) in [6, 6.07) is 5.11. The van der Waals surface area contributed by atoms with Gasteiger partial charge in [0.1, 0.15) is 5.75 Å². The lowest BCUT2D eigenvalue weighted by molar-refractivity contribution is 0.0536. The summed E-state index contributed by atoms with van der Waals surface area (Å²) in [4.78, 5) is 12.1. The summed E-state index contributed by atoms with van der Waals surface area (Å²) >= 11 is 0. The van der Waals surface area contributed by atoms with Crippen molar-refractivity contribution in [2.75, 3.05) is 32.1 Å². The van der Waals surface area contributed by atoms with Crippen LogP contribution in [0.5, 0.6) is 5.75 Å². The van der Waals surface area contributed by atoms with Crippen LogP contribution in [0, 0.1) is 5.92 Å². The number of carbonyl (C=O) groups excluding carboxylic acids is 1. The van der Waals surface area contributed by atoms with Crippen LogP contribution >= 0.6 is 0 Å². The zero-order valence-electron chi connectivity index (χ0n) is 11.9. The van der Waals surface area contributed by atoms with Gasteiger partial charge in [0.15, 0.2) is 0 Å². The van der Waals surface area contributed by atoms with E-state index in [1.165, 1.54) is 0 Å². The molecule has 2 rings (SSSR count). The molecule has 1 amide bonds. The minimum absolute atomic E-state index is 0.106. The van der Waals surface area contributed by atoms with Crippen LogP contribution in [0.15, 0.2) is 18.2 Å². The van der Waals surface area contributed by atoms with Crippen molar-refractivity contribution < 1.29 is 14.3 Å². The molecule has 0 saturated carbocycles. The number of amides is 1. The SMILES string of the molecule is CCOc1ccc(C(=O)NCC2CCCOC2)cc1N. The number of nitrogen functional groups attached to an aromatic ring is 1. The maximum absolute atomic E-state index is 12.1. The zero-order valence-corrected chi connectivity index (χ0v) is 11.9. The maximum Gasteiger partial charge on any atom is 0.251 e. The van der Waals surface area contributed by atoms with E-state index >= 15 is 0 Å².